The Kier molecular flexibility index (Phi) is 4.04. The summed E-state index contributed by atoms with van der Waals surface area (Å²) in [5, 5.41) is 20.4. The van der Waals surface area contributed by atoms with Crippen molar-refractivity contribution in [3.05, 3.63) is 0 Å². The molecule has 0 aliphatic carbocycles. The van der Waals surface area contributed by atoms with E-state index < -0.39 is 5.97 Å². The number of carboxylic acid groups (broad SMARTS) is 1. The van der Waals surface area contributed by atoms with E-state index in [0.717, 1.165) is 0 Å². The minimum Gasteiger partial charge on any atom is -0.550 e. The van der Waals surface area contributed by atoms with E-state index in [1.54, 1.807) is 0 Å². The Hall–Kier alpha value is -0.580. The van der Waals surface area contributed by atoms with Gasteiger partial charge in [0.25, 0.3) is 0 Å². The third-order valence-corrected chi connectivity index (χ3v) is 1.20. The van der Waals surface area contributed by atoms with Gasteiger partial charge in [0.1, 0.15) is 4.62 Å². The number of rotatable bonds is 3. The molecule has 0 aliphatic heterocycles. The Morgan fingerprint density at radius 1 is 1.67 bits per heavy atom. The fourth-order valence-corrected chi connectivity index (χ4v) is 0.453. The summed E-state index contributed by atoms with van der Waals surface area (Å²) in [6.45, 7) is 0. The molecule has 0 aromatic rings. The second kappa shape index (κ2) is 4.31. The number of carboxylic acids is 1. The maximum atomic E-state index is 9.75. The van der Waals surface area contributed by atoms with Crippen LogP contribution in [0.15, 0.2) is 5.16 Å². The van der Waals surface area contributed by atoms with Gasteiger partial charge in [-0.15, -0.1) is 0 Å². The molecule has 0 rings (SSSR count). The predicted octanol–water partition coefficient (Wildman–Crippen LogP) is -0.301. The summed E-state index contributed by atoms with van der Waals surface area (Å²) in [6, 6.07) is 0. The smallest absolute Gasteiger partial charge is 0.122 e. The Morgan fingerprint density at radius 2 is 2.22 bits per heavy atom. The molecule has 0 amide bonds. The molecule has 0 bridgehead atoms. The zero-order chi connectivity index (χ0) is 7.28. The van der Waals surface area contributed by atoms with Gasteiger partial charge in [-0.05, 0) is 22.4 Å². The molecule has 0 heterocycles. The molecule has 0 unspecified atom stereocenters. The molecular weight excluding hydrogens is 190 g/mol. The summed E-state index contributed by atoms with van der Waals surface area (Å²) in [6.07, 6.45) is 0.0312. The molecule has 9 heavy (non-hydrogen) atoms. The third-order valence-electron chi connectivity index (χ3n) is 0.644. The number of hydrogen-bond acceptors (Lipinski definition) is 4. The van der Waals surface area contributed by atoms with E-state index in [1.165, 1.54) is 0 Å². The number of carbonyl (C=O) groups excluding carboxylic acids is 1. The number of hydrogen-bond donors (Lipinski definition) is 1. The zero-order valence-electron chi connectivity index (χ0n) is 4.50. The highest BCUT2D eigenvalue weighted by molar-refractivity contribution is 9.18. The van der Waals surface area contributed by atoms with Crippen LogP contribution in [0.5, 0.6) is 0 Å². The van der Waals surface area contributed by atoms with Crippen molar-refractivity contribution in [3.8, 4) is 0 Å². The molecule has 0 aliphatic rings. The summed E-state index contributed by atoms with van der Waals surface area (Å²) in [4.78, 5) is 9.75. The Balaban J connectivity index is 3.39. The van der Waals surface area contributed by atoms with E-state index in [9.17, 15) is 9.90 Å². The number of aliphatic carboxylic acids is 1. The SMILES string of the molecule is O=C([O-])CC/C(Br)=N/O. The van der Waals surface area contributed by atoms with Crippen molar-refractivity contribution in [1.82, 2.24) is 0 Å². The van der Waals surface area contributed by atoms with E-state index >= 15 is 0 Å². The number of carbonyl (C=O) groups is 1. The van der Waals surface area contributed by atoms with Crippen LogP contribution in [0.4, 0.5) is 0 Å². The van der Waals surface area contributed by atoms with Crippen LogP contribution in [-0.2, 0) is 4.79 Å². The van der Waals surface area contributed by atoms with Crippen LogP contribution in [0.25, 0.3) is 0 Å². The molecule has 5 heteroatoms. The van der Waals surface area contributed by atoms with E-state index in [0.29, 0.717) is 0 Å². The summed E-state index contributed by atoms with van der Waals surface area (Å²) < 4.78 is 0.215. The second-order valence-electron chi connectivity index (χ2n) is 1.35. The maximum absolute atomic E-state index is 9.75. The lowest BCUT2D eigenvalue weighted by Crippen LogP contribution is -2.22. The molecule has 0 spiro atoms. The van der Waals surface area contributed by atoms with Gasteiger partial charge in [-0.3, -0.25) is 0 Å². The molecule has 1 N–H and O–H groups in total. The first-order chi connectivity index (χ1) is 4.16. The minimum absolute atomic E-state index is 0.134. The average Bonchev–Trinajstić information content (AvgIpc) is 1.83. The molecule has 4 nitrogen and oxygen atoms in total. The largest absolute Gasteiger partial charge is 0.550 e. The summed E-state index contributed by atoms with van der Waals surface area (Å²) >= 11 is 2.81. The third kappa shape index (κ3) is 5.29. The number of halogens is 1. The van der Waals surface area contributed by atoms with Crippen molar-refractivity contribution in [2.75, 3.05) is 0 Å². The van der Waals surface area contributed by atoms with Gasteiger partial charge in [0.15, 0.2) is 0 Å². The summed E-state index contributed by atoms with van der Waals surface area (Å²) in [7, 11) is 0. The Labute approximate surface area is 60.3 Å². The minimum atomic E-state index is -1.16. The van der Waals surface area contributed by atoms with E-state index in [1.807, 2.05) is 0 Å². The molecule has 0 saturated carbocycles. The lowest BCUT2D eigenvalue weighted by Gasteiger charge is -1.96. The van der Waals surface area contributed by atoms with E-state index in [4.69, 9.17) is 5.21 Å². The molecule has 0 aromatic heterocycles. The Morgan fingerprint density at radius 3 is 2.56 bits per heavy atom. The van der Waals surface area contributed by atoms with Crippen LogP contribution in [-0.4, -0.2) is 15.8 Å². The van der Waals surface area contributed by atoms with Gasteiger partial charge in [-0.1, -0.05) is 5.16 Å². The molecule has 0 saturated heterocycles. The van der Waals surface area contributed by atoms with Gasteiger partial charge in [-0.2, -0.15) is 0 Å². The van der Waals surface area contributed by atoms with Crippen LogP contribution < -0.4 is 5.11 Å². The average molecular weight is 195 g/mol. The lowest BCUT2D eigenvalue weighted by molar-refractivity contribution is -0.305. The quantitative estimate of drug-likeness (QED) is 0.381. The first kappa shape index (κ1) is 8.42. The number of nitrogens with zero attached hydrogens (tertiary/aromatic N) is 1. The number of oxime groups is 1. The monoisotopic (exact) mass is 194 g/mol. The highest BCUT2D eigenvalue weighted by Gasteiger charge is 1.92. The van der Waals surface area contributed by atoms with Crippen molar-refractivity contribution < 1.29 is 15.1 Å². The molecule has 52 valence electrons. The van der Waals surface area contributed by atoms with Gasteiger partial charge >= 0.3 is 0 Å². The van der Waals surface area contributed by atoms with E-state index in [2.05, 4.69) is 21.1 Å². The summed E-state index contributed by atoms with van der Waals surface area (Å²) in [5.41, 5.74) is 0. The summed E-state index contributed by atoms with van der Waals surface area (Å²) in [5.74, 6) is -1.16. The first-order valence-corrected chi connectivity index (χ1v) is 3.02. The van der Waals surface area contributed by atoms with Crippen LogP contribution in [0, 0.1) is 0 Å². The molecule has 0 fully saturated rings. The molecule has 0 aromatic carbocycles. The molecular formula is C4H5BrNO3-. The van der Waals surface area contributed by atoms with Gasteiger partial charge in [0.2, 0.25) is 0 Å². The van der Waals surface area contributed by atoms with Crippen molar-refractivity contribution in [2.24, 2.45) is 5.16 Å². The van der Waals surface area contributed by atoms with Crippen molar-refractivity contribution in [3.63, 3.8) is 0 Å². The Bertz CT molecular complexity index is 134. The standard InChI is InChI=1S/C4H6BrNO3/c5-3(6-9)1-2-4(7)8/h9H,1-2H2,(H,7,8)/p-1/b6-3-. The van der Waals surface area contributed by atoms with Gasteiger partial charge in [-0.25, -0.2) is 0 Å². The predicted molar refractivity (Wildman–Crippen MR) is 32.4 cm³/mol. The van der Waals surface area contributed by atoms with Gasteiger partial charge in [0.05, 0.1) is 0 Å². The van der Waals surface area contributed by atoms with Crippen molar-refractivity contribution in [1.29, 1.82) is 0 Å². The van der Waals surface area contributed by atoms with Crippen LogP contribution in [0.1, 0.15) is 12.8 Å². The van der Waals surface area contributed by atoms with Crippen LogP contribution in [0.3, 0.4) is 0 Å². The fourth-order valence-electron chi connectivity index (χ4n) is 0.255. The van der Waals surface area contributed by atoms with Crippen molar-refractivity contribution >= 4 is 26.5 Å². The van der Waals surface area contributed by atoms with E-state index in [-0.39, 0.29) is 17.5 Å². The topological polar surface area (TPSA) is 72.7 Å². The lowest BCUT2D eigenvalue weighted by atomic mass is 10.3. The maximum Gasteiger partial charge on any atom is 0.122 e. The first-order valence-electron chi connectivity index (χ1n) is 2.23. The van der Waals surface area contributed by atoms with Crippen LogP contribution >= 0.6 is 15.9 Å². The molecule has 0 atom stereocenters. The highest BCUT2D eigenvalue weighted by atomic mass is 79.9. The van der Waals surface area contributed by atoms with Gasteiger partial charge in [0, 0.05) is 12.4 Å². The van der Waals surface area contributed by atoms with Gasteiger partial charge < -0.3 is 15.1 Å². The molecule has 0 radical (unpaired) electrons. The normalized spacial score (nSPS) is 11.4. The van der Waals surface area contributed by atoms with Crippen LogP contribution in [0.2, 0.25) is 0 Å². The highest BCUT2D eigenvalue weighted by Crippen LogP contribution is 1.97. The fraction of sp³-hybridized carbons (Fsp3) is 0.500. The second-order valence-corrected chi connectivity index (χ2v) is 2.26. The zero-order valence-corrected chi connectivity index (χ0v) is 6.09. The van der Waals surface area contributed by atoms with Crippen molar-refractivity contribution in [2.45, 2.75) is 12.8 Å².